The van der Waals surface area contributed by atoms with Crippen molar-refractivity contribution in [2.24, 2.45) is 0 Å². The van der Waals surface area contributed by atoms with Crippen LogP contribution < -0.4 is 10.3 Å². The highest BCUT2D eigenvalue weighted by molar-refractivity contribution is 7.17. The zero-order valence-electron chi connectivity index (χ0n) is 16.3. The number of aromatic nitrogens is 2. The van der Waals surface area contributed by atoms with Gasteiger partial charge in [-0.15, -0.1) is 11.3 Å². The van der Waals surface area contributed by atoms with Crippen molar-refractivity contribution in [1.29, 1.82) is 0 Å². The van der Waals surface area contributed by atoms with Crippen LogP contribution in [0.25, 0.3) is 21.3 Å². The summed E-state index contributed by atoms with van der Waals surface area (Å²) < 4.78 is 7.16. The predicted molar refractivity (Wildman–Crippen MR) is 117 cm³/mol. The minimum absolute atomic E-state index is 0.0196. The summed E-state index contributed by atoms with van der Waals surface area (Å²) in [5.74, 6) is 0.800. The number of benzene rings is 2. The molecule has 0 bridgehead atoms. The van der Waals surface area contributed by atoms with E-state index >= 15 is 0 Å². The largest absolute Gasteiger partial charge is 0.494 e. The molecule has 0 aliphatic heterocycles. The molecule has 2 aromatic heterocycles. The van der Waals surface area contributed by atoms with Gasteiger partial charge in [0.1, 0.15) is 10.6 Å². The molecule has 0 saturated heterocycles. The Kier molecular flexibility index (Phi) is 5.58. The second kappa shape index (κ2) is 8.46. The van der Waals surface area contributed by atoms with Gasteiger partial charge in [0.25, 0.3) is 11.2 Å². The summed E-state index contributed by atoms with van der Waals surface area (Å²) in [6.07, 6.45) is 2.46. The summed E-state index contributed by atoms with van der Waals surface area (Å²) in [6, 6.07) is 13.9. The molecule has 0 fully saturated rings. The lowest BCUT2D eigenvalue weighted by Gasteiger charge is -2.07. The smallest absolute Gasteiger partial charge is 0.269 e. The van der Waals surface area contributed by atoms with Crippen molar-refractivity contribution in [3.63, 3.8) is 0 Å². The molecule has 8 heteroatoms. The average Bonchev–Trinajstić information content (AvgIpc) is 3.20. The lowest BCUT2D eigenvalue weighted by Crippen LogP contribution is -2.20. The monoisotopic (exact) mass is 421 g/mol. The van der Waals surface area contributed by atoms with E-state index in [1.54, 1.807) is 12.1 Å². The molecule has 0 aliphatic carbocycles. The van der Waals surface area contributed by atoms with Gasteiger partial charge in [0.15, 0.2) is 0 Å². The fourth-order valence-corrected chi connectivity index (χ4v) is 4.07. The Morgan fingerprint density at radius 2 is 1.87 bits per heavy atom. The normalized spacial score (nSPS) is 11.0. The maximum atomic E-state index is 13.2. The predicted octanol–water partition coefficient (Wildman–Crippen LogP) is 4.87. The fraction of sp³-hybridized carbons (Fsp3) is 0.182. The summed E-state index contributed by atoms with van der Waals surface area (Å²) in [5.41, 5.74) is 2.44. The zero-order chi connectivity index (χ0) is 21.1. The summed E-state index contributed by atoms with van der Waals surface area (Å²) in [4.78, 5) is 28.7. The minimum Gasteiger partial charge on any atom is -0.494 e. The van der Waals surface area contributed by atoms with Gasteiger partial charge in [-0.2, -0.15) is 0 Å². The zero-order valence-corrected chi connectivity index (χ0v) is 17.1. The van der Waals surface area contributed by atoms with Crippen LogP contribution in [0.5, 0.6) is 5.75 Å². The molecule has 0 radical (unpaired) electrons. The lowest BCUT2D eigenvalue weighted by atomic mass is 10.1. The van der Waals surface area contributed by atoms with E-state index in [4.69, 9.17) is 4.74 Å². The summed E-state index contributed by atoms with van der Waals surface area (Å²) in [7, 11) is 0. The van der Waals surface area contributed by atoms with Crippen LogP contribution in [0.4, 0.5) is 5.69 Å². The molecule has 0 aliphatic rings. The molecule has 30 heavy (non-hydrogen) atoms. The first kappa shape index (κ1) is 19.8. The summed E-state index contributed by atoms with van der Waals surface area (Å²) >= 11 is 1.43. The van der Waals surface area contributed by atoms with Crippen LogP contribution in [0.15, 0.2) is 65.0 Å². The molecular weight excluding hydrogens is 402 g/mol. The van der Waals surface area contributed by atoms with Gasteiger partial charge in [-0.25, -0.2) is 4.98 Å². The van der Waals surface area contributed by atoms with Crippen molar-refractivity contribution in [2.75, 3.05) is 6.61 Å². The highest BCUT2D eigenvalue weighted by atomic mass is 32.1. The molecule has 0 unspecified atom stereocenters. The number of fused-ring (bicyclic) bond motifs is 1. The number of hydrogen-bond donors (Lipinski definition) is 0. The number of thiophene rings is 1. The number of hydrogen-bond acceptors (Lipinski definition) is 6. The topological polar surface area (TPSA) is 87.3 Å². The number of nitro benzene ring substituents is 1. The third-order valence-corrected chi connectivity index (χ3v) is 5.59. The first-order valence-electron chi connectivity index (χ1n) is 9.50. The maximum Gasteiger partial charge on any atom is 0.269 e. The Morgan fingerprint density at radius 3 is 2.53 bits per heavy atom. The van der Waals surface area contributed by atoms with Crippen LogP contribution in [0.2, 0.25) is 0 Å². The SMILES string of the molecule is CCCOc1ccc(-c2csc3ncn(Cc4ccc([N+](=O)[O-])cc4)c(=O)c23)cc1. The van der Waals surface area contributed by atoms with Crippen molar-refractivity contribution in [2.45, 2.75) is 19.9 Å². The molecule has 0 atom stereocenters. The first-order chi connectivity index (χ1) is 14.6. The van der Waals surface area contributed by atoms with Gasteiger partial charge in [-0.3, -0.25) is 19.5 Å². The van der Waals surface area contributed by atoms with Crippen molar-refractivity contribution in [3.8, 4) is 16.9 Å². The molecule has 2 heterocycles. The molecule has 0 N–H and O–H groups in total. The Hall–Kier alpha value is -3.52. The molecule has 4 aromatic rings. The molecule has 0 spiro atoms. The van der Waals surface area contributed by atoms with E-state index in [2.05, 4.69) is 11.9 Å². The van der Waals surface area contributed by atoms with E-state index in [0.717, 1.165) is 28.9 Å². The molecule has 0 saturated carbocycles. The van der Waals surface area contributed by atoms with Crippen LogP contribution in [-0.2, 0) is 6.54 Å². The van der Waals surface area contributed by atoms with Crippen molar-refractivity contribution in [1.82, 2.24) is 9.55 Å². The van der Waals surface area contributed by atoms with Gasteiger partial charge in [0.2, 0.25) is 0 Å². The van der Waals surface area contributed by atoms with Gasteiger partial charge >= 0.3 is 0 Å². The highest BCUT2D eigenvalue weighted by Crippen LogP contribution is 2.31. The molecular formula is C22H19N3O4S. The van der Waals surface area contributed by atoms with E-state index in [1.807, 2.05) is 29.6 Å². The van der Waals surface area contributed by atoms with Gasteiger partial charge < -0.3 is 4.74 Å². The van der Waals surface area contributed by atoms with E-state index < -0.39 is 4.92 Å². The Labute approximate surface area is 176 Å². The third-order valence-electron chi connectivity index (χ3n) is 4.70. The van der Waals surface area contributed by atoms with Gasteiger partial charge in [-0.1, -0.05) is 31.2 Å². The quantitative estimate of drug-likeness (QED) is 0.314. The van der Waals surface area contributed by atoms with Crippen molar-refractivity contribution in [3.05, 3.63) is 86.3 Å². The van der Waals surface area contributed by atoms with Crippen LogP contribution in [0, 0.1) is 10.1 Å². The Balaban J connectivity index is 1.67. The Bertz CT molecular complexity index is 1240. The summed E-state index contributed by atoms with van der Waals surface area (Å²) in [5, 5.41) is 13.3. The second-order valence-corrected chi connectivity index (χ2v) is 7.66. The molecule has 4 rings (SSSR count). The van der Waals surface area contributed by atoms with E-state index in [0.29, 0.717) is 23.4 Å². The van der Waals surface area contributed by atoms with Crippen LogP contribution >= 0.6 is 11.3 Å². The standard InChI is InChI=1S/C22H19N3O4S/c1-2-11-29-18-9-5-16(6-10-18)19-13-30-21-20(19)22(26)24(14-23-21)12-15-3-7-17(8-4-15)25(27)28/h3-10,13-14H,2,11-12H2,1H3. The minimum atomic E-state index is -0.445. The second-order valence-electron chi connectivity index (χ2n) is 6.80. The van der Waals surface area contributed by atoms with Gasteiger partial charge in [0.05, 0.1) is 29.8 Å². The molecule has 2 aromatic carbocycles. The van der Waals surface area contributed by atoms with E-state index in [-0.39, 0.29) is 11.2 Å². The highest BCUT2D eigenvalue weighted by Gasteiger charge is 2.14. The molecule has 7 nitrogen and oxygen atoms in total. The van der Waals surface area contributed by atoms with Gasteiger partial charge in [-0.05, 0) is 29.7 Å². The lowest BCUT2D eigenvalue weighted by molar-refractivity contribution is -0.384. The fourth-order valence-electron chi connectivity index (χ4n) is 3.16. The van der Waals surface area contributed by atoms with Crippen molar-refractivity contribution < 1.29 is 9.66 Å². The first-order valence-corrected chi connectivity index (χ1v) is 10.4. The van der Waals surface area contributed by atoms with Crippen LogP contribution in [-0.4, -0.2) is 21.1 Å². The maximum absolute atomic E-state index is 13.2. The number of rotatable bonds is 7. The molecule has 152 valence electrons. The Morgan fingerprint density at radius 1 is 1.13 bits per heavy atom. The van der Waals surface area contributed by atoms with Crippen LogP contribution in [0.3, 0.4) is 0 Å². The average molecular weight is 421 g/mol. The number of non-ortho nitro benzene ring substituents is 1. The van der Waals surface area contributed by atoms with Gasteiger partial charge in [0, 0.05) is 23.1 Å². The molecule has 0 amide bonds. The van der Waals surface area contributed by atoms with Crippen molar-refractivity contribution >= 4 is 27.2 Å². The van der Waals surface area contributed by atoms with E-state index in [9.17, 15) is 14.9 Å². The number of ether oxygens (including phenoxy) is 1. The van der Waals surface area contributed by atoms with E-state index in [1.165, 1.54) is 34.4 Å². The number of nitro groups is 1. The van der Waals surface area contributed by atoms with Crippen LogP contribution in [0.1, 0.15) is 18.9 Å². The third kappa shape index (κ3) is 3.95. The number of nitrogens with zero attached hydrogens (tertiary/aromatic N) is 3. The summed E-state index contributed by atoms with van der Waals surface area (Å²) in [6.45, 7) is 3.01.